The van der Waals surface area contributed by atoms with E-state index in [-0.39, 0.29) is 24.9 Å². The number of carbonyl (C=O) groups is 1. The van der Waals surface area contributed by atoms with Crippen molar-refractivity contribution in [3.63, 3.8) is 0 Å². The van der Waals surface area contributed by atoms with Crippen LogP contribution in [-0.4, -0.2) is 29.9 Å². The fourth-order valence-corrected chi connectivity index (χ4v) is 3.14. The molecular formula is C17H13Cl2NO4S. The number of benzene rings is 2. The lowest BCUT2D eigenvalue weighted by atomic mass is 10.3. The van der Waals surface area contributed by atoms with Gasteiger partial charge in [-0.15, -0.1) is 0 Å². The molecule has 1 heterocycles. The van der Waals surface area contributed by atoms with Gasteiger partial charge in [0, 0.05) is 0 Å². The van der Waals surface area contributed by atoms with Crippen molar-refractivity contribution >= 4 is 52.0 Å². The smallest absolute Gasteiger partial charge is 0.316 e. The SMILES string of the molecule is O=C(CSc1nc2ccccc2o1)OCCOc1c(Cl)cccc1Cl. The van der Waals surface area contributed by atoms with Gasteiger partial charge in [-0.25, -0.2) is 4.98 Å². The van der Waals surface area contributed by atoms with Gasteiger partial charge in [0.1, 0.15) is 24.5 Å². The summed E-state index contributed by atoms with van der Waals surface area (Å²) in [6, 6.07) is 12.5. The minimum absolute atomic E-state index is 0.0918. The van der Waals surface area contributed by atoms with Crippen molar-refractivity contribution in [3.8, 4) is 5.75 Å². The van der Waals surface area contributed by atoms with E-state index in [1.165, 1.54) is 11.8 Å². The Balaban J connectivity index is 1.41. The zero-order valence-corrected chi connectivity index (χ0v) is 15.2. The quantitative estimate of drug-likeness (QED) is 0.322. The van der Waals surface area contributed by atoms with Crippen LogP contribution in [0.4, 0.5) is 0 Å². The van der Waals surface area contributed by atoms with Gasteiger partial charge in [-0.2, -0.15) is 0 Å². The van der Waals surface area contributed by atoms with E-state index in [4.69, 9.17) is 37.1 Å². The Kier molecular flexibility index (Phi) is 6.07. The Morgan fingerprint density at radius 1 is 1.08 bits per heavy atom. The lowest BCUT2D eigenvalue weighted by Crippen LogP contribution is -2.14. The van der Waals surface area contributed by atoms with Gasteiger partial charge in [0.05, 0.1) is 10.0 Å². The van der Waals surface area contributed by atoms with Gasteiger partial charge in [-0.1, -0.05) is 53.2 Å². The number of hydrogen-bond donors (Lipinski definition) is 0. The number of fused-ring (bicyclic) bond motifs is 1. The summed E-state index contributed by atoms with van der Waals surface area (Å²) in [5, 5.41) is 1.24. The highest BCUT2D eigenvalue weighted by Gasteiger charge is 2.11. The average molecular weight is 398 g/mol. The highest BCUT2D eigenvalue weighted by atomic mass is 35.5. The van der Waals surface area contributed by atoms with E-state index in [2.05, 4.69) is 4.98 Å². The molecule has 0 N–H and O–H groups in total. The molecule has 0 atom stereocenters. The topological polar surface area (TPSA) is 61.6 Å². The highest BCUT2D eigenvalue weighted by Crippen LogP contribution is 2.32. The van der Waals surface area contributed by atoms with Crippen LogP contribution in [0.5, 0.6) is 5.75 Å². The minimum Gasteiger partial charge on any atom is -0.487 e. The van der Waals surface area contributed by atoms with Crippen LogP contribution in [0.3, 0.4) is 0 Å². The maximum atomic E-state index is 11.8. The molecule has 0 amide bonds. The van der Waals surface area contributed by atoms with Gasteiger partial charge < -0.3 is 13.9 Å². The molecule has 0 saturated heterocycles. The van der Waals surface area contributed by atoms with E-state index in [1.807, 2.05) is 24.3 Å². The van der Waals surface area contributed by atoms with Crippen LogP contribution in [0.1, 0.15) is 0 Å². The molecule has 0 aliphatic heterocycles. The second-order valence-electron chi connectivity index (χ2n) is 4.86. The van der Waals surface area contributed by atoms with Crippen LogP contribution in [0.15, 0.2) is 52.1 Å². The number of thioether (sulfide) groups is 1. The summed E-state index contributed by atoms with van der Waals surface area (Å²) in [6.45, 7) is 0.247. The molecule has 0 radical (unpaired) electrons. The number of esters is 1. The zero-order valence-electron chi connectivity index (χ0n) is 12.9. The van der Waals surface area contributed by atoms with Crippen molar-refractivity contribution in [3.05, 3.63) is 52.5 Å². The van der Waals surface area contributed by atoms with Crippen molar-refractivity contribution in [2.45, 2.75) is 5.22 Å². The molecule has 0 unspecified atom stereocenters. The van der Waals surface area contributed by atoms with E-state index in [9.17, 15) is 4.79 Å². The Bertz CT molecular complexity index is 831. The second-order valence-corrected chi connectivity index (χ2v) is 6.60. The summed E-state index contributed by atoms with van der Waals surface area (Å²) in [5.41, 5.74) is 1.44. The molecule has 130 valence electrons. The first kappa shape index (κ1) is 17.9. The van der Waals surface area contributed by atoms with Crippen LogP contribution in [0, 0.1) is 0 Å². The summed E-state index contributed by atoms with van der Waals surface area (Å²) < 4.78 is 16.1. The number of para-hydroxylation sites is 3. The van der Waals surface area contributed by atoms with Crippen LogP contribution in [0.2, 0.25) is 10.0 Å². The van der Waals surface area contributed by atoms with Gasteiger partial charge in [-0.3, -0.25) is 4.79 Å². The summed E-state index contributed by atoms with van der Waals surface area (Å²) >= 11 is 13.1. The molecule has 25 heavy (non-hydrogen) atoms. The zero-order chi connectivity index (χ0) is 17.6. The Morgan fingerprint density at radius 2 is 1.84 bits per heavy atom. The van der Waals surface area contributed by atoms with Crippen molar-refractivity contribution in [2.24, 2.45) is 0 Å². The molecule has 1 aromatic heterocycles. The number of halogens is 2. The number of carbonyl (C=O) groups excluding carboxylic acids is 1. The number of nitrogens with zero attached hydrogens (tertiary/aromatic N) is 1. The van der Waals surface area contributed by atoms with Gasteiger partial charge in [-0.05, 0) is 24.3 Å². The first-order valence-electron chi connectivity index (χ1n) is 7.34. The number of ether oxygens (including phenoxy) is 2. The highest BCUT2D eigenvalue weighted by molar-refractivity contribution is 7.99. The fourth-order valence-electron chi connectivity index (χ4n) is 1.99. The molecule has 0 bridgehead atoms. The average Bonchev–Trinajstić information content (AvgIpc) is 3.02. The van der Waals surface area contributed by atoms with Crippen molar-refractivity contribution in [2.75, 3.05) is 19.0 Å². The van der Waals surface area contributed by atoms with Gasteiger partial charge >= 0.3 is 5.97 Å². The van der Waals surface area contributed by atoms with E-state index >= 15 is 0 Å². The molecule has 8 heteroatoms. The molecule has 0 aliphatic rings. The summed E-state index contributed by atoms with van der Waals surface area (Å²) in [6.07, 6.45) is 0. The molecule has 3 aromatic rings. The molecule has 0 spiro atoms. The van der Waals surface area contributed by atoms with E-state index in [1.54, 1.807) is 18.2 Å². The lowest BCUT2D eigenvalue weighted by molar-refractivity contribution is -0.141. The molecule has 3 rings (SSSR count). The number of rotatable bonds is 7. The minimum atomic E-state index is -0.388. The van der Waals surface area contributed by atoms with Crippen LogP contribution >= 0.6 is 35.0 Å². The third-order valence-electron chi connectivity index (χ3n) is 3.10. The maximum Gasteiger partial charge on any atom is 0.316 e. The first-order chi connectivity index (χ1) is 12.1. The summed E-state index contributed by atoms with van der Waals surface area (Å²) in [5.74, 6) is 0.0866. The number of oxazole rings is 1. The molecule has 0 fully saturated rings. The Hall–Kier alpha value is -1.89. The first-order valence-corrected chi connectivity index (χ1v) is 9.08. The summed E-state index contributed by atoms with van der Waals surface area (Å²) in [7, 11) is 0. The number of aromatic nitrogens is 1. The summed E-state index contributed by atoms with van der Waals surface area (Å²) in [4.78, 5) is 16.0. The predicted octanol–water partition coefficient (Wildman–Crippen LogP) is 4.85. The van der Waals surface area contributed by atoms with Crippen LogP contribution < -0.4 is 4.74 Å². The molecule has 0 aliphatic carbocycles. The number of hydrogen-bond acceptors (Lipinski definition) is 6. The van der Waals surface area contributed by atoms with Gasteiger partial charge in [0.15, 0.2) is 11.3 Å². The van der Waals surface area contributed by atoms with Crippen LogP contribution in [-0.2, 0) is 9.53 Å². The van der Waals surface area contributed by atoms with Crippen molar-refractivity contribution in [1.29, 1.82) is 0 Å². The molecule has 2 aromatic carbocycles. The standard InChI is InChI=1S/C17H13Cl2NO4S/c18-11-4-3-5-12(19)16(11)23-9-8-22-15(21)10-25-17-20-13-6-1-2-7-14(13)24-17/h1-7H,8-10H2. The maximum absolute atomic E-state index is 11.8. The van der Waals surface area contributed by atoms with E-state index < -0.39 is 0 Å². The Labute approximate surface area is 158 Å². The molecule has 5 nitrogen and oxygen atoms in total. The van der Waals surface area contributed by atoms with Crippen molar-refractivity contribution in [1.82, 2.24) is 4.98 Å². The largest absolute Gasteiger partial charge is 0.487 e. The van der Waals surface area contributed by atoms with E-state index in [0.29, 0.717) is 26.6 Å². The fraction of sp³-hybridized carbons (Fsp3) is 0.176. The lowest BCUT2D eigenvalue weighted by Gasteiger charge is -2.09. The molecule has 0 saturated carbocycles. The third-order valence-corrected chi connectivity index (χ3v) is 4.50. The van der Waals surface area contributed by atoms with Crippen molar-refractivity contribution < 1.29 is 18.7 Å². The van der Waals surface area contributed by atoms with Gasteiger partial charge in [0.25, 0.3) is 5.22 Å². The normalized spacial score (nSPS) is 10.8. The van der Waals surface area contributed by atoms with E-state index in [0.717, 1.165) is 5.52 Å². The Morgan fingerprint density at radius 3 is 2.60 bits per heavy atom. The predicted molar refractivity (Wildman–Crippen MR) is 97.6 cm³/mol. The van der Waals surface area contributed by atoms with Crippen LogP contribution in [0.25, 0.3) is 11.1 Å². The molecular weight excluding hydrogens is 385 g/mol. The second kappa shape index (κ2) is 8.47. The third kappa shape index (κ3) is 4.81. The monoisotopic (exact) mass is 397 g/mol. The van der Waals surface area contributed by atoms with Gasteiger partial charge in [0.2, 0.25) is 0 Å².